The predicted octanol–water partition coefficient (Wildman–Crippen LogP) is 3.29. The Kier molecular flexibility index (Phi) is 4.28. The van der Waals surface area contributed by atoms with Crippen molar-refractivity contribution in [2.75, 3.05) is 6.54 Å². The summed E-state index contributed by atoms with van der Waals surface area (Å²) in [6.07, 6.45) is 3.47. The first-order valence-corrected chi connectivity index (χ1v) is 8.51. The minimum absolute atomic E-state index is 0.292. The first kappa shape index (κ1) is 13.5. The SMILES string of the molecule is O=S(=O)(NCC1CCC1)c1ccc(Br)cc1Br. The fraction of sp³-hybridized carbons (Fsp3) is 0.455. The Bertz CT molecular complexity index is 512. The number of hydrogen-bond donors (Lipinski definition) is 1. The lowest BCUT2D eigenvalue weighted by molar-refractivity contribution is 0.316. The molecule has 2 rings (SSSR count). The maximum atomic E-state index is 12.1. The first-order chi connectivity index (χ1) is 7.99. The van der Waals surface area contributed by atoms with Gasteiger partial charge in [0.25, 0.3) is 0 Å². The summed E-state index contributed by atoms with van der Waals surface area (Å²) in [5, 5.41) is 0. The maximum Gasteiger partial charge on any atom is 0.241 e. The first-order valence-electron chi connectivity index (χ1n) is 5.44. The van der Waals surface area contributed by atoms with E-state index in [1.807, 2.05) is 0 Å². The summed E-state index contributed by atoms with van der Waals surface area (Å²) in [6.45, 7) is 0.546. The molecule has 0 aliphatic heterocycles. The fourth-order valence-corrected chi connectivity index (χ4v) is 4.56. The van der Waals surface area contributed by atoms with E-state index in [2.05, 4.69) is 36.6 Å². The summed E-state index contributed by atoms with van der Waals surface area (Å²) in [5.41, 5.74) is 0. The van der Waals surface area contributed by atoms with Gasteiger partial charge in [-0.1, -0.05) is 22.4 Å². The van der Waals surface area contributed by atoms with E-state index in [-0.39, 0.29) is 0 Å². The Hall–Kier alpha value is 0.0900. The lowest BCUT2D eigenvalue weighted by Gasteiger charge is -2.25. The average Bonchev–Trinajstić information content (AvgIpc) is 2.13. The number of hydrogen-bond acceptors (Lipinski definition) is 2. The number of benzene rings is 1. The van der Waals surface area contributed by atoms with Crippen molar-refractivity contribution < 1.29 is 8.42 Å². The van der Waals surface area contributed by atoms with Crippen molar-refractivity contribution in [1.82, 2.24) is 4.72 Å². The minimum Gasteiger partial charge on any atom is -0.211 e. The minimum atomic E-state index is -3.40. The predicted molar refractivity (Wildman–Crippen MR) is 74.4 cm³/mol. The van der Waals surface area contributed by atoms with Crippen LogP contribution in [-0.2, 0) is 10.0 Å². The molecular formula is C11H13Br2NO2S. The average molecular weight is 383 g/mol. The molecule has 0 heterocycles. The van der Waals surface area contributed by atoms with Crippen LogP contribution in [0.15, 0.2) is 32.0 Å². The van der Waals surface area contributed by atoms with Crippen LogP contribution in [0.1, 0.15) is 19.3 Å². The zero-order chi connectivity index (χ0) is 12.5. The zero-order valence-corrected chi connectivity index (χ0v) is 13.1. The van der Waals surface area contributed by atoms with E-state index in [9.17, 15) is 8.42 Å². The third-order valence-electron chi connectivity index (χ3n) is 2.97. The van der Waals surface area contributed by atoms with E-state index in [1.165, 1.54) is 6.42 Å². The van der Waals surface area contributed by atoms with Crippen LogP contribution in [-0.4, -0.2) is 15.0 Å². The lowest BCUT2D eigenvalue weighted by atomic mass is 9.86. The second kappa shape index (κ2) is 5.38. The van der Waals surface area contributed by atoms with E-state index in [4.69, 9.17) is 0 Å². The molecule has 0 atom stereocenters. The van der Waals surface area contributed by atoms with Crippen molar-refractivity contribution in [3.05, 3.63) is 27.1 Å². The van der Waals surface area contributed by atoms with Gasteiger partial charge >= 0.3 is 0 Å². The van der Waals surface area contributed by atoms with Crippen LogP contribution in [0.5, 0.6) is 0 Å². The summed E-state index contributed by atoms with van der Waals surface area (Å²) in [7, 11) is -3.40. The van der Waals surface area contributed by atoms with Gasteiger partial charge in [0.2, 0.25) is 10.0 Å². The standard InChI is InChI=1S/C11H13Br2NO2S/c12-9-4-5-11(10(13)6-9)17(15,16)14-7-8-2-1-3-8/h4-6,8,14H,1-3,7H2. The van der Waals surface area contributed by atoms with Crippen LogP contribution in [0.2, 0.25) is 0 Å². The molecule has 0 unspecified atom stereocenters. The molecule has 0 saturated heterocycles. The van der Waals surface area contributed by atoms with Gasteiger partial charge in [0, 0.05) is 15.5 Å². The highest BCUT2D eigenvalue weighted by molar-refractivity contribution is 9.11. The molecule has 0 spiro atoms. The van der Waals surface area contributed by atoms with E-state index in [0.29, 0.717) is 21.8 Å². The molecule has 1 aromatic rings. The van der Waals surface area contributed by atoms with Gasteiger partial charge in [-0.15, -0.1) is 0 Å². The van der Waals surface area contributed by atoms with E-state index >= 15 is 0 Å². The van der Waals surface area contributed by atoms with Gasteiger partial charge in [0.15, 0.2) is 0 Å². The molecule has 94 valence electrons. The largest absolute Gasteiger partial charge is 0.241 e. The summed E-state index contributed by atoms with van der Waals surface area (Å²) in [5.74, 6) is 0.513. The van der Waals surface area contributed by atoms with Gasteiger partial charge in [-0.25, -0.2) is 13.1 Å². The Morgan fingerprint density at radius 3 is 2.53 bits per heavy atom. The van der Waals surface area contributed by atoms with Crippen molar-refractivity contribution in [2.24, 2.45) is 5.92 Å². The highest BCUT2D eigenvalue weighted by Crippen LogP contribution is 2.28. The molecule has 0 radical (unpaired) electrons. The third-order valence-corrected chi connectivity index (χ3v) is 5.86. The Balaban J connectivity index is 2.12. The summed E-state index contributed by atoms with van der Waals surface area (Å²) in [4.78, 5) is 0.292. The van der Waals surface area contributed by atoms with Crippen molar-refractivity contribution in [3.8, 4) is 0 Å². The summed E-state index contributed by atoms with van der Waals surface area (Å²) >= 11 is 6.57. The van der Waals surface area contributed by atoms with E-state index < -0.39 is 10.0 Å². The van der Waals surface area contributed by atoms with E-state index in [1.54, 1.807) is 18.2 Å². The van der Waals surface area contributed by atoms with Crippen LogP contribution < -0.4 is 4.72 Å². The zero-order valence-electron chi connectivity index (χ0n) is 9.12. The monoisotopic (exact) mass is 381 g/mol. The van der Waals surface area contributed by atoms with Crippen molar-refractivity contribution >= 4 is 41.9 Å². The van der Waals surface area contributed by atoms with Crippen LogP contribution >= 0.6 is 31.9 Å². The quantitative estimate of drug-likeness (QED) is 0.868. The van der Waals surface area contributed by atoms with Crippen LogP contribution in [0, 0.1) is 5.92 Å². The van der Waals surface area contributed by atoms with Crippen molar-refractivity contribution in [1.29, 1.82) is 0 Å². The molecule has 1 saturated carbocycles. The number of nitrogens with one attached hydrogen (secondary N) is 1. The van der Waals surface area contributed by atoms with Gasteiger partial charge in [0.05, 0.1) is 4.90 Å². The summed E-state index contributed by atoms with van der Waals surface area (Å²) < 4.78 is 28.2. The van der Waals surface area contributed by atoms with Gasteiger partial charge in [-0.3, -0.25) is 0 Å². The molecule has 1 aliphatic rings. The highest BCUT2D eigenvalue weighted by Gasteiger charge is 2.22. The molecule has 3 nitrogen and oxygen atoms in total. The third kappa shape index (κ3) is 3.30. The Labute approximate surface area is 118 Å². The van der Waals surface area contributed by atoms with Crippen LogP contribution in [0.3, 0.4) is 0 Å². The molecule has 0 bridgehead atoms. The smallest absolute Gasteiger partial charge is 0.211 e. The summed E-state index contributed by atoms with van der Waals surface area (Å²) in [6, 6.07) is 5.05. The van der Waals surface area contributed by atoms with Gasteiger partial charge in [-0.2, -0.15) is 0 Å². The topological polar surface area (TPSA) is 46.2 Å². The number of halogens is 2. The van der Waals surface area contributed by atoms with Gasteiger partial charge in [0.1, 0.15) is 0 Å². The molecule has 6 heteroatoms. The molecule has 1 fully saturated rings. The van der Waals surface area contributed by atoms with Crippen LogP contribution in [0.25, 0.3) is 0 Å². The second-order valence-electron chi connectivity index (χ2n) is 4.22. The molecule has 0 amide bonds. The normalized spacial score (nSPS) is 16.8. The molecule has 1 aromatic carbocycles. The number of sulfonamides is 1. The lowest BCUT2D eigenvalue weighted by Crippen LogP contribution is -2.32. The van der Waals surface area contributed by atoms with Gasteiger partial charge < -0.3 is 0 Å². The molecule has 0 aromatic heterocycles. The van der Waals surface area contributed by atoms with Crippen molar-refractivity contribution in [2.45, 2.75) is 24.2 Å². The second-order valence-corrected chi connectivity index (χ2v) is 7.73. The fourth-order valence-electron chi connectivity index (χ4n) is 1.70. The van der Waals surface area contributed by atoms with E-state index in [0.717, 1.165) is 17.3 Å². The number of rotatable bonds is 4. The molecule has 1 aliphatic carbocycles. The van der Waals surface area contributed by atoms with Gasteiger partial charge in [-0.05, 0) is 52.9 Å². The molecule has 17 heavy (non-hydrogen) atoms. The Morgan fingerprint density at radius 1 is 1.29 bits per heavy atom. The van der Waals surface area contributed by atoms with Crippen LogP contribution in [0.4, 0.5) is 0 Å². The maximum absolute atomic E-state index is 12.1. The van der Waals surface area contributed by atoms with Crippen molar-refractivity contribution in [3.63, 3.8) is 0 Å². The highest BCUT2D eigenvalue weighted by atomic mass is 79.9. The Morgan fingerprint density at radius 2 is 2.00 bits per heavy atom. The molecule has 1 N–H and O–H groups in total. The molecular weight excluding hydrogens is 370 g/mol.